The second kappa shape index (κ2) is 16.1. The molecule has 0 spiro atoms. The van der Waals surface area contributed by atoms with Crippen molar-refractivity contribution in [1.29, 1.82) is 0 Å². The SMILES string of the molecule is CCCC(C)CSS(SCCCC(C)C)(SCCC(C)CC)C(C)(C)CCC. The molecule has 0 aromatic heterocycles. The summed E-state index contributed by atoms with van der Waals surface area (Å²) in [7, 11) is 6.36. The van der Waals surface area contributed by atoms with E-state index in [1.165, 1.54) is 68.6 Å². The van der Waals surface area contributed by atoms with E-state index in [4.69, 9.17) is 0 Å². The van der Waals surface area contributed by atoms with Gasteiger partial charge in [0.2, 0.25) is 0 Å². The molecular weight excluding hydrogens is 417 g/mol. The van der Waals surface area contributed by atoms with Crippen LogP contribution in [0.4, 0.5) is 0 Å². The smallest absolute Gasteiger partial charge is 0.0206 e. The first-order chi connectivity index (χ1) is 13.1. The normalized spacial score (nSPS) is 18.1. The highest BCUT2D eigenvalue weighted by atomic mass is 33.8. The summed E-state index contributed by atoms with van der Waals surface area (Å²) in [6, 6.07) is 0. The molecule has 3 unspecified atom stereocenters. The number of rotatable bonds is 18. The summed E-state index contributed by atoms with van der Waals surface area (Å²) in [6.07, 6.45) is 10.9. The van der Waals surface area contributed by atoms with Gasteiger partial charge in [0.1, 0.15) is 0 Å². The summed E-state index contributed by atoms with van der Waals surface area (Å²) in [5, 5.41) is 0. The van der Waals surface area contributed by atoms with E-state index in [0.29, 0.717) is 4.75 Å². The van der Waals surface area contributed by atoms with E-state index >= 15 is 0 Å². The van der Waals surface area contributed by atoms with Crippen LogP contribution in [-0.4, -0.2) is 22.0 Å². The van der Waals surface area contributed by atoms with Crippen molar-refractivity contribution in [3.63, 3.8) is 0 Å². The van der Waals surface area contributed by atoms with Gasteiger partial charge in [-0.15, -0.1) is 0 Å². The predicted molar refractivity (Wildman–Crippen MR) is 146 cm³/mol. The molecule has 0 amide bonds. The second-order valence-electron chi connectivity index (χ2n) is 9.62. The largest absolute Gasteiger partial charge is 0.0936 e. The molecule has 0 rings (SSSR count). The average molecular weight is 469 g/mol. The second-order valence-corrected chi connectivity index (χ2v) is 22.0. The lowest BCUT2D eigenvalue weighted by Gasteiger charge is -2.50. The van der Waals surface area contributed by atoms with Crippen molar-refractivity contribution in [3.8, 4) is 0 Å². The molecule has 0 radical (unpaired) electrons. The van der Waals surface area contributed by atoms with Crippen LogP contribution in [0, 0.1) is 17.8 Å². The topological polar surface area (TPSA) is 0 Å². The quantitative estimate of drug-likeness (QED) is 0.145. The van der Waals surface area contributed by atoms with E-state index in [0.717, 1.165) is 17.8 Å². The fourth-order valence-electron chi connectivity index (χ4n) is 3.31. The molecule has 0 aliphatic heterocycles. The highest BCUT2D eigenvalue weighted by Crippen LogP contribution is 2.85. The zero-order valence-corrected chi connectivity index (χ0v) is 23.9. The van der Waals surface area contributed by atoms with E-state index in [9.17, 15) is 0 Å². The lowest BCUT2D eigenvalue weighted by Crippen LogP contribution is -2.24. The minimum atomic E-state index is -0.802. The van der Waals surface area contributed by atoms with Crippen LogP contribution < -0.4 is 0 Å². The average Bonchev–Trinajstić information content (AvgIpc) is 2.62. The van der Waals surface area contributed by atoms with Gasteiger partial charge in [-0.05, 0) is 50.9 Å². The molecule has 0 aliphatic rings. The Balaban J connectivity index is 5.35. The van der Waals surface area contributed by atoms with E-state index in [1.54, 1.807) is 0 Å². The molecule has 0 aromatic rings. The van der Waals surface area contributed by atoms with Gasteiger partial charge in [-0.3, -0.25) is 0 Å². The Hall–Kier alpha value is 1.40. The highest BCUT2D eigenvalue weighted by molar-refractivity contribution is 9.48. The van der Waals surface area contributed by atoms with E-state index < -0.39 is 7.12 Å². The molecule has 4 heteroatoms. The minimum absolute atomic E-state index is 0.445. The van der Waals surface area contributed by atoms with Gasteiger partial charge in [-0.1, -0.05) is 120 Å². The maximum atomic E-state index is 2.59. The Labute approximate surface area is 192 Å². The molecule has 0 aliphatic carbocycles. The lowest BCUT2D eigenvalue weighted by molar-refractivity contribution is 0.549. The van der Waals surface area contributed by atoms with E-state index in [2.05, 4.69) is 94.7 Å². The summed E-state index contributed by atoms with van der Waals surface area (Å²) in [5.74, 6) is 6.61. The van der Waals surface area contributed by atoms with Gasteiger partial charge in [0, 0.05) is 22.0 Å². The summed E-state index contributed by atoms with van der Waals surface area (Å²) < 4.78 is 0.445. The third-order valence-electron chi connectivity index (χ3n) is 5.53. The Kier molecular flexibility index (Phi) is 16.9. The van der Waals surface area contributed by atoms with Crippen LogP contribution in [-0.2, 0) is 0 Å². The Morgan fingerprint density at radius 3 is 1.93 bits per heavy atom. The predicted octanol–water partition coefficient (Wildman–Crippen LogP) is 10.6. The fraction of sp³-hybridized carbons (Fsp3) is 1.00. The Morgan fingerprint density at radius 1 is 0.750 bits per heavy atom. The molecule has 0 heterocycles. The number of hydrogen-bond acceptors (Lipinski definition) is 3. The van der Waals surface area contributed by atoms with E-state index in [1.807, 2.05) is 0 Å². The first-order valence-corrected chi connectivity index (χ1v) is 18.0. The van der Waals surface area contributed by atoms with Gasteiger partial charge in [0.15, 0.2) is 0 Å². The van der Waals surface area contributed by atoms with Crippen LogP contribution >= 0.6 is 39.5 Å². The van der Waals surface area contributed by atoms with Crippen molar-refractivity contribution in [2.24, 2.45) is 17.8 Å². The highest BCUT2D eigenvalue weighted by Gasteiger charge is 2.41. The van der Waals surface area contributed by atoms with Gasteiger partial charge >= 0.3 is 0 Å². The van der Waals surface area contributed by atoms with Gasteiger partial charge in [0.25, 0.3) is 0 Å². The third kappa shape index (κ3) is 11.7. The molecule has 0 N–H and O–H groups in total. The molecule has 28 heavy (non-hydrogen) atoms. The van der Waals surface area contributed by atoms with Crippen LogP contribution in [0.5, 0.6) is 0 Å². The molecule has 172 valence electrons. The Morgan fingerprint density at radius 2 is 1.39 bits per heavy atom. The van der Waals surface area contributed by atoms with Crippen molar-refractivity contribution >= 4 is 39.5 Å². The van der Waals surface area contributed by atoms with Gasteiger partial charge in [-0.25, -0.2) is 0 Å². The van der Waals surface area contributed by atoms with Crippen molar-refractivity contribution in [1.82, 2.24) is 0 Å². The summed E-state index contributed by atoms with van der Waals surface area (Å²) in [5.41, 5.74) is 0. The molecule has 0 saturated heterocycles. The van der Waals surface area contributed by atoms with Crippen molar-refractivity contribution in [3.05, 3.63) is 0 Å². The zero-order valence-electron chi connectivity index (χ0n) is 20.6. The first-order valence-electron chi connectivity index (χ1n) is 11.9. The summed E-state index contributed by atoms with van der Waals surface area (Å²) in [4.78, 5) is 0. The van der Waals surface area contributed by atoms with Crippen LogP contribution in [0.2, 0.25) is 0 Å². The fourth-order valence-corrected chi connectivity index (χ4v) is 19.4. The standard InChI is InChI=1S/C24H52S4/c1-10-14-23(7)20-27-28(24(8,9)17-11-2,25-18-13-15-21(4)5)26-19-16-22(6)12-3/h21-23H,10-20H2,1-9H3. The Bertz CT molecular complexity index is 370. The summed E-state index contributed by atoms with van der Waals surface area (Å²) in [6.45, 7) is 21.9. The molecule has 0 bridgehead atoms. The van der Waals surface area contributed by atoms with Crippen LogP contribution in [0.25, 0.3) is 0 Å². The van der Waals surface area contributed by atoms with Crippen LogP contribution in [0.15, 0.2) is 0 Å². The summed E-state index contributed by atoms with van der Waals surface area (Å²) >= 11 is 0. The van der Waals surface area contributed by atoms with Gasteiger partial charge < -0.3 is 0 Å². The number of hydrogen-bond donors (Lipinski definition) is 0. The monoisotopic (exact) mass is 468 g/mol. The molecule has 3 atom stereocenters. The lowest BCUT2D eigenvalue weighted by atomic mass is 10.1. The van der Waals surface area contributed by atoms with Crippen molar-refractivity contribution in [2.45, 2.75) is 118 Å². The van der Waals surface area contributed by atoms with Crippen LogP contribution in [0.3, 0.4) is 0 Å². The molecule has 0 saturated carbocycles. The van der Waals surface area contributed by atoms with Crippen LogP contribution in [0.1, 0.15) is 114 Å². The van der Waals surface area contributed by atoms with Gasteiger partial charge in [0.05, 0.1) is 0 Å². The minimum Gasteiger partial charge on any atom is -0.0936 e. The maximum absolute atomic E-state index is 2.59. The molecule has 0 fully saturated rings. The van der Waals surface area contributed by atoms with Crippen molar-refractivity contribution < 1.29 is 0 Å². The van der Waals surface area contributed by atoms with E-state index in [-0.39, 0.29) is 0 Å². The zero-order chi connectivity index (χ0) is 21.6. The first kappa shape index (κ1) is 29.4. The maximum Gasteiger partial charge on any atom is 0.0206 e. The molecular formula is C24H52S4. The molecule has 0 nitrogen and oxygen atoms in total. The van der Waals surface area contributed by atoms with Crippen molar-refractivity contribution in [2.75, 3.05) is 17.3 Å². The van der Waals surface area contributed by atoms with Gasteiger partial charge in [-0.2, -0.15) is 0 Å². The molecule has 0 aromatic carbocycles. The third-order valence-corrected chi connectivity index (χ3v) is 23.0.